The number of aromatic amines is 1. The minimum absolute atomic E-state index is 0.0432. The molecule has 1 fully saturated rings. The highest BCUT2D eigenvalue weighted by Crippen LogP contribution is 2.36. The number of hydrazone groups is 1. The number of hydrogen-bond acceptors (Lipinski definition) is 6. The molecule has 2 aromatic rings. The summed E-state index contributed by atoms with van der Waals surface area (Å²) in [7, 11) is 0. The Hall–Kier alpha value is -2.79. The maximum Gasteiger partial charge on any atom is 0.428 e. The van der Waals surface area contributed by atoms with Gasteiger partial charge >= 0.3 is 6.09 Å². The molecular formula is C22H26BrFN6O3. The first-order valence-electron chi connectivity index (χ1n) is 10.8. The van der Waals surface area contributed by atoms with E-state index < -0.39 is 11.7 Å². The molecule has 33 heavy (non-hydrogen) atoms. The Balaban J connectivity index is 1.45. The number of likely N-dealkylation sites (tertiary alicyclic amines) is 1. The number of aryl methyl sites for hydroxylation is 1. The molecule has 1 aromatic carbocycles. The van der Waals surface area contributed by atoms with Gasteiger partial charge in [0, 0.05) is 53.7 Å². The van der Waals surface area contributed by atoms with Crippen LogP contribution in [0.2, 0.25) is 0 Å². The van der Waals surface area contributed by atoms with E-state index in [9.17, 15) is 14.0 Å². The minimum Gasteiger partial charge on any atom is -0.435 e. The molecule has 2 aliphatic rings. The van der Waals surface area contributed by atoms with Gasteiger partial charge in [0.1, 0.15) is 17.2 Å². The third kappa shape index (κ3) is 4.79. The van der Waals surface area contributed by atoms with E-state index in [1.165, 1.54) is 12.1 Å². The molecular weight excluding hydrogens is 495 g/mol. The number of amides is 2. The Morgan fingerprint density at radius 3 is 2.67 bits per heavy atom. The lowest BCUT2D eigenvalue weighted by Crippen LogP contribution is -2.59. The van der Waals surface area contributed by atoms with Crippen molar-refractivity contribution in [2.45, 2.75) is 51.3 Å². The maximum atomic E-state index is 13.6. The zero-order valence-corrected chi connectivity index (χ0v) is 20.2. The van der Waals surface area contributed by atoms with Gasteiger partial charge in [0.15, 0.2) is 5.60 Å². The number of piperidine rings is 1. The van der Waals surface area contributed by atoms with E-state index in [1.807, 2.05) is 13.8 Å². The second-order valence-electron chi connectivity index (χ2n) is 8.56. The highest BCUT2D eigenvalue weighted by Gasteiger charge is 2.47. The Morgan fingerprint density at radius 2 is 2.03 bits per heavy atom. The van der Waals surface area contributed by atoms with Crippen LogP contribution in [0.1, 0.15) is 48.4 Å². The number of halogens is 2. The fourth-order valence-corrected chi connectivity index (χ4v) is 4.86. The van der Waals surface area contributed by atoms with E-state index in [4.69, 9.17) is 4.74 Å². The fourth-order valence-electron chi connectivity index (χ4n) is 4.32. The van der Waals surface area contributed by atoms with Crippen molar-refractivity contribution in [2.75, 3.05) is 13.1 Å². The number of aromatic nitrogens is 2. The summed E-state index contributed by atoms with van der Waals surface area (Å²) in [5.74, 6) is -0.597. The number of nitrogens with one attached hydrogen (secondary N) is 3. The van der Waals surface area contributed by atoms with Gasteiger partial charge in [0.25, 0.3) is 5.91 Å². The van der Waals surface area contributed by atoms with Crippen LogP contribution in [-0.4, -0.2) is 63.6 Å². The van der Waals surface area contributed by atoms with E-state index in [0.29, 0.717) is 47.4 Å². The summed E-state index contributed by atoms with van der Waals surface area (Å²) in [6.45, 7) is 7.12. The number of carbonyl (C=O) groups is 2. The predicted molar refractivity (Wildman–Crippen MR) is 124 cm³/mol. The van der Waals surface area contributed by atoms with Crippen molar-refractivity contribution in [3.63, 3.8) is 0 Å². The van der Waals surface area contributed by atoms with Crippen molar-refractivity contribution in [2.24, 2.45) is 5.10 Å². The topological polar surface area (TPSA) is 112 Å². The van der Waals surface area contributed by atoms with E-state index in [2.05, 4.69) is 53.8 Å². The number of hydrogen-bond donors (Lipinski definition) is 3. The number of ether oxygens (including phenoxy) is 1. The molecule has 3 N–H and O–H groups in total. The lowest BCUT2D eigenvalue weighted by molar-refractivity contribution is -0.00495. The summed E-state index contributed by atoms with van der Waals surface area (Å²) in [6.07, 6.45) is 0.438. The van der Waals surface area contributed by atoms with Crippen LogP contribution in [0.4, 0.5) is 9.18 Å². The van der Waals surface area contributed by atoms with Gasteiger partial charge in [0.05, 0.1) is 0 Å². The molecule has 0 radical (unpaired) electrons. The van der Waals surface area contributed by atoms with E-state index in [0.717, 1.165) is 5.69 Å². The summed E-state index contributed by atoms with van der Waals surface area (Å²) in [5.41, 5.74) is 3.89. The SMILES string of the molecule is Cc1cc(C(=O)N[C@@H](C)[C@@H](C)N2CCC3(CC2)OC(=O)NN=C3c2ccc(F)cc2Br)n[nH]1. The number of nitrogens with zero attached hydrogens (tertiary/aromatic N) is 3. The van der Waals surface area contributed by atoms with Gasteiger partial charge in [-0.25, -0.2) is 14.6 Å². The first kappa shape index (κ1) is 23.4. The summed E-state index contributed by atoms with van der Waals surface area (Å²) in [5, 5.41) is 14.1. The van der Waals surface area contributed by atoms with Crippen LogP contribution < -0.4 is 10.7 Å². The maximum absolute atomic E-state index is 13.6. The van der Waals surface area contributed by atoms with Crippen molar-refractivity contribution in [3.05, 3.63) is 51.5 Å². The van der Waals surface area contributed by atoms with Gasteiger partial charge in [-0.3, -0.25) is 14.8 Å². The van der Waals surface area contributed by atoms with Crippen LogP contribution in [0.25, 0.3) is 0 Å². The number of benzene rings is 1. The number of rotatable bonds is 5. The average Bonchev–Trinajstić information content (AvgIpc) is 3.21. The van der Waals surface area contributed by atoms with Crippen LogP contribution in [0.3, 0.4) is 0 Å². The van der Waals surface area contributed by atoms with Crippen molar-refractivity contribution >= 4 is 33.6 Å². The Bertz CT molecular complexity index is 1100. The smallest absolute Gasteiger partial charge is 0.428 e. The molecule has 0 aliphatic carbocycles. The Kier molecular flexibility index (Phi) is 6.53. The van der Waals surface area contributed by atoms with E-state index in [1.54, 1.807) is 12.1 Å². The van der Waals surface area contributed by atoms with Crippen molar-refractivity contribution in [3.8, 4) is 0 Å². The monoisotopic (exact) mass is 520 g/mol. The highest BCUT2D eigenvalue weighted by molar-refractivity contribution is 9.10. The number of H-pyrrole nitrogens is 1. The fraction of sp³-hybridized carbons (Fsp3) is 0.455. The van der Waals surface area contributed by atoms with Crippen LogP contribution >= 0.6 is 15.9 Å². The molecule has 0 saturated carbocycles. The molecule has 1 aromatic heterocycles. The van der Waals surface area contributed by atoms with Gasteiger partial charge in [-0.2, -0.15) is 10.2 Å². The quantitative estimate of drug-likeness (QED) is 0.560. The minimum atomic E-state index is -0.905. The largest absolute Gasteiger partial charge is 0.435 e. The molecule has 0 bridgehead atoms. The molecule has 9 nitrogen and oxygen atoms in total. The molecule has 0 unspecified atom stereocenters. The zero-order chi connectivity index (χ0) is 23.8. The van der Waals surface area contributed by atoms with E-state index >= 15 is 0 Å². The van der Waals surface area contributed by atoms with Gasteiger partial charge < -0.3 is 10.1 Å². The molecule has 2 aliphatic heterocycles. The molecule has 176 valence electrons. The van der Waals surface area contributed by atoms with Crippen LogP contribution in [-0.2, 0) is 4.74 Å². The standard InChI is InChI=1S/C22H26BrFN6O3/c1-12-10-18(27-26-12)20(31)25-13(2)14(3)30-8-6-22(7-9-30)19(28-29-21(32)33-22)16-5-4-15(24)11-17(16)23/h4-5,10-11,13-14H,6-9H2,1-3H3,(H,25,31)(H,26,27)(H,29,32)/t13-,14+/m0/s1. The molecule has 4 rings (SSSR count). The molecule has 2 atom stereocenters. The van der Waals surface area contributed by atoms with Gasteiger partial charge in [0.2, 0.25) is 0 Å². The molecule has 2 amide bonds. The highest BCUT2D eigenvalue weighted by atomic mass is 79.9. The summed E-state index contributed by atoms with van der Waals surface area (Å²) >= 11 is 3.40. The van der Waals surface area contributed by atoms with Gasteiger partial charge in [-0.05, 0) is 45.0 Å². The predicted octanol–water partition coefficient (Wildman–Crippen LogP) is 3.11. The second kappa shape index (κ2) is 9.22. The van der Waals surface area contributed by atoms with Gasteiger partial charge in [-0.15, -0.1) is 0 Å². The van der Waals surface area contributed by atoms with Crippen LogP contribution in [0.15, 0.2) is 33.8 Å². The van der Waals surface area contributed by atoms with E-state index in [-0.39, 0.29) is 23.8 Å². The third-order valence-electron chi connectivity index (χ3n) is 6.37. The van der Waals surface area contributed by atoms with Crippen molar-refractivity contribution < 1.29 is 18.7 Å². The normalized spacial score (nSPS) is 19.9. The van der Waals surface area contributed by atoms with Crippen molar-refractivity contribution in [1.82, 2.24) is 25.8 Å². The zero-order valence-electron chi connectivity index (χ0n) is 18.6. The summed E-state index contributed by atoms with van der Waals surface area (Å²) in [6, 6.07) is 5.97. The van der Waals surface area contributed by atoms with Crippen LogP contribution in [0, 0.1) is 12.7 Å². The number of carbonyl (C=O) groups excluding carboxylic acids is 2. The third-order valence-corrected chi connectivity index (χ3v) is 7.02. The second-order valence-corrected chi connectivity index (χ2v) is 9.41. The first-order valence-corrected chi connectivity index (χ1v) is 11.6. The molecule has 3 heterocycles. The average molecular weight is 521 g/mol. The lowest BCUT2D eigenvalue weighted by atomic mass is 9.82. The molecule has 1 saturated heterocycles. The Labute approximate surface area is 199 Å². The lowest BCUT2D eigenvalue weighted by Gasteiger charge is -2.45. The first-order chi connectivity index (χ1) is 15.7. The summed E-state index contributed by atoms with van der Waals surface area (Å²) in [4.78, 5) is 26.8. The molecule has 11 heteroatoms. The Morgan fingerprint density at radius 1 is 1.30 bits per heavy atom. The summed E-state index contributed by atoms with van der Waals surface area (Å²) < 4.78 is 19.9. The molecule has 1 spiro atoms. The van der Waals surface area contributed by atoms with Crippen LogP contribution in [0.5, 0.6) is 0 Å². The van der Waals surface area contributed by atoms with Gasteiger partial charge in [-0.1, -0.05) is 15.9 Å². The van der Waals surface area contributed by atoms with Crippen molar-refractivity contribution in [1.29, 1.82) is 0 Å².